The number of rotatable bonds is 7. The van der Waals surface area contributed by atoms with Gasteiger partial charge in [-0.3, -0.25) is 4.68 Å². The van der Waals surface area contributed by atoms with E-state index < -0.39 is 10.0 Å². The Bertz CT molecular complexity index is 784. The summed E-state index contributed by atoms with van der Waals surface area (Å²) in [6.07, 6.45) is 1.75. The lowest BCUT2D eigenvalue weighted by molar-refractivity contribution is 0.378. The third-order valence-corrected chi connectivity index (χ3v) is 6.47. The van der Waals surface area contributed by atoms with Gasteiger partial charge in [-0.25, -0.2) is 13.1 Å². The second kappa shape index (κ2) is 7.68. The zero-order chi connectivity index (χ0) is 17.9. The number of hydrogen-bond acceptors (Lipinski definition) is 3. The lowest BCUT2D eigenvalue weighted by Gasteiger charge is -2.26. The Morgan fingerprint density at radius 3 is 2.25 bits per heavy atom. The summed E-state index contributed by atoms with van der Waals surface area (Å²) >= 11 is 6.16. The van der Waals surface area contributed by atoms with E-state index in [2.05, 4.69) is 23.7 Å². The molecule has 1 aromatic heterocycles. The highest BCUT2D eigenvalue weighted by molar-refractivity contribution is 7.89. The molecule has 1 N–H and O–H groups in total. The van der Waals surface area contributed by atoms with Crippen molar-refractivity contribution in [2.45, 2.75) is 44.6 Å². The molecule has 0 saturated heterocycles. The van der Waals surface area contributed by atoms with Crippen LogP contribution < -0.4 is 4.72 Å². The Kier molecular flexibility index (Phi) is 6.06. The van der Waals surface area contributed by atoms with E-state index in [9.17, 15) is 8.42 Å². The van der Waals surface area contributed by atoms with Crippen LogP contribution in [0.3, 0.4) is 0 Å². The molecule has 0 bridgehead atoms. The van der Waals surface area contributed by atoms with E-state index in [0.717, 1.165) is 18.4 Å². The molecule has 1 atom stereocenters. The summed E-state index contributed by atoms with van der Waals surface area (Å²) in [5.74, 6) is 0.193. The molecule has 0 aliphatic carbocycles. The molecule has 132 valence electrons. The van der Waals surface area contributed by atoms with Crippen LogP contribution in [0.25, 0.3) is 0 Å². The van der Waals surface area contributed by atoms with Gasteiger partial charge >= 0.3 is 0 Å². The average Bonchev–Trinajstić information content (AvgIpc) is 2.81. The Balaban J connectivity index is 2.45. The predicted octanol–water partition coefficient (Wildman–Crippen LogP) is 3.84. The van der Waals surface area contributed by atoms with Gasteiger partial charge < -0.3 is 0 Å². The largest absolute Gasteiger partial charge is 0.255 e. The van der Waals surface area contributed by atoms with Crippen LogP contribution >= 0.6 is 11.6 Å². The molecule has 1 heterocycles. The van der Waals surface area contributed by atoms with E-state index in [4.69, 9.17) is 11.6 Å². The minimum absolute atomic E-state index is 0.0542. The van der Waals surface area contributed by atoms with Crippen LogP contribution in [0.15, 0.2) is 35.2 Å². The van der Waals surface area contributed by atoms with Crippen molar-refractivity contribution in [1.29, 1.82) is 0 Å². The summed E-state index contributed by atoms with van der Waals surface area (Å²) in [6.45, 7) is 5.79. The van der Waals surface area contributed by atoms with Gasteiger partial charge in [-0.2, -0.15) is 5.10 Å². The number of aromatic nitrogens is 2. The normalized spacial score (nSPS) is 13.4. The first-order valence-corrected chi connectivity index (χ1v) is 9.94. The second-order valence-corrected chi connectivity index (χ2v) is 7.92. The lowest BCUT2D eigenvalue weighted by atomic mass is 9.90. The molecule has 0 fully saturated rings. The lowest BCUT2D eigenvalue weighted by Crippen LogP contribution is -2.33. The van der Waals surface area contributed by atoms with Crippen molar-refractivity contribution in [3.8, 4) is 0 Å². The van der Waals surface area contributed by atoms with Gasteiger partial charge in [-0.15, -0.1) is 0 Å². The maximum Gasteiger partial charge on any atom is 0.246 e. The van der Waals surface area contributed by atoms with Crippen LogP contribution in [0.5, 0.6) is 0 Å². The van der Waals surface area contributed by atoms with Crippen molar-refractivity contribution in [2.24, 2.45) is 13.0 Å². The van der Waals surface area contributed by atoms with Crippen LogP contribution in [0.4, 0.5) is 0 Å². The van der Waals surface area contributed by atoms with Crippen LogP contribution in [-0.2, 0) is 17.1 Å². The minimum Gasteiger partial charge on any atom is -0.255 e. The van der Waals surface area contributed by atoms with Gasteiger partial charge in [0.2, 0.25) is 10.0 Å². The summed E-state index contributed by atoms with van der Waals surface area (Å²) in [5.41, 5.74) is 1.35. The highest BCUT2D eigenvalue weighted by atomic mass is 35.5. The Hall–Kier alpha value is -1.37. The molecule has 2 aromatic rings. The number of hydrogen-bond donors (Lipinski definition) is 1. The molecule has 0 aliphatic heterocycles. The van der Waals surface area contributed by atoms with Crippen molar-refractivity contribution < 1.29 is 8.42 Å². The van der Waals surface area contributed by atoms with Gasteiger partial charge in [0.25, 0.3) is 0 Å². The van der Waals surface area contributed by atoms with E-state index in [0.29, 0.717) is 5.69 Å². The number of nitrogens with one attached hydrogen (secondary N) is 1. The van der Waals surface area contributed by atoms with Gasteiger partial charge in [0.15, 0.2) is 0 Å². The van der Waals surface area contributed by atoms with Gasteiger partial charge in [-0.1, -0.05) is 68.6 Å². The zero-order valence-electron chi connectivity index (χ0n) is 14.5. The quantitative estimate of drug-likeness (QED) is 0.806. The van der Waals surface area contributed by atoms with Crippen LogP contribution in [0, 0.1) is 12.8 Å². The monoisotopic (exact) mass is 369 g/mol. The Labute approximate surface area is 149 Å². The fourth-order valence-electron chi connectivity index (χ4n) is 3.00. The van der Waals surface area contributed by atoms with E-state index in [1.165, 1.54) is 4.68 Å². The van der Waals surface area contributed by atoms with Gasteiger partial charge in [0.05, 0.1) is 5.69 Å². The standard InChI is InChI=1S/C17H24ClN3O2S/c1-5-13(6-2)15(14-10-8-7-9-11-14)20-24(22,23)16-12(3)19-21(4)17(16)18/h7-11,13,15,20H,5-6H2,1-4H3. The molecule has 24 heavy (non-hydrogen) atoms. The molecular formula is C17H24ClN3O2S. The van der Waals surface area contributed by atoms with Crippen LogP contribution in [0.1, 0.15) is 44.0 Å². The number of sulfonamides is 1. The molecule has 0 amide bonds. The van der Waals surface area contributed by atoms with E-state index in [1.807, 2.05) is 30.3 Å². The summed E-state index contributed by atoms with van der Waals surface area (Å²) in [5, 5.41) is 4.23. The predicted molar refractivity (Wildman–Crippen MR) is 96.5 cm³/mol. The molecular weight excluding hydrogens is 346 g/mol. The summed E-state index contributed by atoms with van der Waals surface area (Å²) in [7, 11) is -2.15. The third kappa shape index (κ3) is 3.82. The molecule has 2 rings (SSSR count). The molecule has 7 heteroatoms. The van der Waals surface area contributed by atoms with Crippen molar-refractivity contribution >= 4 is 21.6 Å². The van der Waals surface area contributed by atoms with Crippen LogP contribution in [-0.4, -0.2) is 18.2 Å². The molecule has 1 aromatic carbocycles. The first-order valence-electron chi connectivity index (χ1n) is 8.08. The fraction of sp³-hybridized carbons (Fsp3) is 0.471. The van der Waals surface area contributed by atoms with Crippen molar-refractivity contribution in [2.75, 3.05) is 0 Å². The third-order valence-electron chi connectivity index (χ3n) is 4.33. The smallest absolute Gasteiger partial charge is 0.246 e. The fourth-order valence-corrected chi connectivity index (χ4v) is 5.04. The number of nitrogens with zero attached hydrogens (tertiary/aromatic N) is 2. The molecule has 1 unspecified atom stereocenters. The van der Waals surface area contributed by atoms with Gasteiger partial charge in [0.1, 0.15) is 10.0 Å². The summed E-state index contributed by atoms with van der Waals surface area (Å²) in [6, 6.07) is 9.35. The van der Waals surface area contributed by atoms with E-state index >= 15 is 0 Å². The number of benzene rings is 1. The molecule has 0 saturated carbocycles. The van der Waals surface area contributed by atoms with Crippen molar-refractivity contribution in [3.63, 3.8) is 0 Å². The highest BCUT2D eigenvalue weighted by Crippen LogP contribution is 2.31. The maximum atomic E-state index is 13.0. The summed E-state index contributed by atoms with van der Waals surface area (Å²) < 4.78 is 30.1. The first kappa shape index (κ1) is 19.0. The maximum absolute atomic E-state index is 13.0. The second-order valence-electron chi connectivity index (χ2n) is 5.92. The van der Waals surface area contributed by atoms with E-state index in [1.54, 1.807) is 14.0 Å². The topological polar surface area (TPSA) is 64.0 Å². The summed E-state index contributed by atoms with van der Waals surface area (Å²) in [4.78, 5) is 0.0542. The molecule has 0 spiro atoms. The van der Waals surface area contributed by atoms with Crippen LogP contribution in [0.2, 0.25) is 5.15 Å². The van der Waals surface area contributed by atoms with Gasteiger partial charge in [0, 0.05) is 13.1 Å². The Morgan fingerprint density at radius 1 is 1.21 bits per heavy atom. The zero-order valence-corrected chi connectivity index (χ0v) is 16.0. The average molecular weight is 370 g/mol. The highest BCUT2D eigenvalue weighted by Gasteiger charge is 2.31. The minimum atomic E-state index is -3.78. The first-order chi connectivity index (χ1) is 11.3. The molecule has 5 nitrogen and oxygen atoms in total. The van der Waals surface area contributed by atoms with Crippen molar-refractivity contribution in [3.05, 3.63) is 46.7 Å². The van der Waals surface area contributed by atoms with Gasteiger partial charge in [-0.05, 0) is 18.4 Å². The SMILES string of the molecule is CCC(CC)C(NS(=O)(=O)c1c(C)nn(C)c1Cl)c1ccccc1. The number of aryl methyl sites for hydroxylation is 2. The molecule has 0 aliphatic rings. The van der Waals surface area contributed by atoms with E-state index in [-0.39, 0.29) is 22.0 Å². The number of halogens is 1. The Morgan fingerprint density at radius 2 is 1.79 bits per heavy atom. The van der Waals surface area contributed by atoms with Crippen molar-refractivity contribution in [1.82, 2.24) is 14.5 Å². The molecule has 0 radical (unpaired) electrons.